The normalized spacial score (nSPS) is 20.2. The summed E-state index contributed by atoms with van der Waals surface area (Å²) in [5, 5.41) is 4.57. The number of fused-ring (bicyclic) bond motifs is 1. The van der Waals surface area contributed by atoms with Crippen LogP contribution in [0.4, 0.5) is 0 Å². The van der Waals surface area contributed by atoms with Crippen LogP contribution in [-0.4, -0.2) is 49.3 Å². The molecule has 1 fully saturated rings. The minimum Gasteiger partial charge on any atom is -0.374 e. The van der Waals surface area contributed by atoms with Crippen molar-refractivity contribution in [1.29, 1.82) is 0 Å². The second kappa shape index (κ2) is 6.60. The van der Waals surface area contributed by atoms with E-state index in [-0.39, 0.29) is 0 Å². The topological polar surface area (TPSA) is 40.3 Å². The smallest absolute Gasteiger partial charge is 0.0826 e. The summed E-state index contributed by atoms with van der Waals surface area (Å²) in [4.78, 5) is 5.96. The molecule has 1 unspecified atom stereocenters. The maximum absolute atomic E-state index is 5.78. The van der Waals surface area contributed by atoms with Crippen molar-refractivity contribution >= 4 is 10.9 Å². The number of hydrogen-bond donors (Lipinski definition) is 2. The van der Waals surface area contributed by atoms with E-state index in [4.69, 9.17) is 4.74 Å². The Labute approximate surface area is 126 Å². The molecule has 0 spiro atoms. The average molecular weight is 287 g/mol. The predicted molar refractivity (Wildman–Crippen MR) is 86.6 cm³/mol. The van der Waals surface area contributed by atoms with Crippen molar-refractivity contribution in [2.75, 3.05) is 33.3 Å². The van der Waals surface area contributed by atoms with Gasteiger partial charge >= 0.3 is 0 Å². The van der Waals surface area contributed by atoms with Crippen LogP contribution >= 0.6 is 0 Å². The van der Waals surface area contributed by atoms with Crippen molar-refractivity contribution in [3.05, 3.63) is 35.5 Å². The van der Waals surface area contributed by atoms with Gasteiger partial charge in [0, 0.05) is 43.3 Å². The summed E-state index contributed by atoms with van der Waals surface area (Å²) in [6, 6.07) is 6.60. The van der Waals surface area contributed by atoms with Crippen LogP contribution in [0.25, 0.3) is 10.9 Å². The quantitative estimate of drug-likeness (QED) is 0.885. The maximum atomic E-state index is 5.78. The molecule has 1 aliphatic rings. The van der Waals surface area contributed by atoms with Gasteiger partial charge in [-0.15, -0.1) is 0 Å². The lowest BCUT2D eigenvalue weighted by Crippen LogP contribution is -2.45. The van der Waals surface area contributed by atoms with Crippen LogP contribution in [0, 0.1) is 0 Å². The molecule has 2 aromatic rings. The lowest BCUT2D eigenvalue weighted by atomic mass is 10.1. The van der Waals surface area contributed by atoms with Gasteiger partial charge in [-0.25, -0.2) is 0 Å². The molecule has 2 N–H and O–H groups in total. The van der Waals surface area contributed by atoms with Gasteiger partial charge in [-0.05, 0) is 24.6 Å². The lowest BCUT2D eigenvalue weighted by Gasteiger charge is -2.32. The molecule has 0 amide bonds. The summed E-state index contributed by atoms with van der Waals surface area (Å²) in [5.74, 6) is 0. The minimum absolute atomic E-state index is 0.306. The van der Waals surface area contributed by atoms with Gasteiger partial charge in [-0.3, -0.25) is 4.90 Å². The van der Waals surface area contributed by atoms with Crippen LogP contribution < -0.4 is 5.32 Å². The molecule has 0 aliphatic carbocycles. The van der Waals surface area contributed by atoms with E-state index in [9.17, 15) is 0 Å². The Balaban J connectivity index is 1.76. The molecule has 4 heteroatoms. The minimum atomic E-state index is 0.306. The van der Waals surface area contributed by atoms with Gasteiger partial charge in [-0.1, -0.05) is 25.1 Å². The van der Waals surface area contributed by atoms with E-state index in [1.165, 1.54) is 22.0 Å². The molecular formula is C17H25N3O. The third-order valence-corrected chi connectivity index (χ3v) is 4.32. The van der Waals surface area contributed by atoms with Gasteiger partial charge in [-0.2, -0.15) is 0 Å². The van der Waals surface area contributed by atoms with E-state index >= 15 is 0 Å². The van der Waals surface area contributed by atoms with Gasteiger partial charge in [0.1, 0.15) is 0 Å². The molecule has 0 radical (unpaired) electrons. The highest BCUT2D eigenvalue weighted by molar-refractivity contribution is 5.86. The van der Waals surface area contributed by atoms with E-state index in [0.29, 0.717) is 6.10 Å². The Morgan fingerprint density at radius 2 is 2.29 bits per heavy atom. The van der Waals surface area contributed by atoms with Gasteiger partial charge in [0.25, 0.3) is 0 Å². The number of nitrogens with zero attached hydrogens (tertiary/aromatic N) is 1. The molecule has 0 saturated carbocycles. The number of aromatic nitrogens is 1. The molecule has 114 valence electrons. The third kappa shape index (κ3) is 3.12. The van der Waals surface area contributed by atoms with E-state index < -0.39 is 0 Å². The first-order chi connectivity index (χ1) is 10.3. The standard InChI is InChI=1S/C17H25N3O/c1-3-13-5-4-6-16-14(9-19-17(13)16)11-20-7-8-21-15(12-20)10-18-2/h4-6,9,15,18-19H,3,7-8,10-12H2,1-2H3. The number of aryl methyl sites for hydroxylation is 1. The number of rotatable bonds is 5. The first-order valence-electron chi connectivity index (χ1n) is 7.88. The number of benzene rings is 1. The van der Waals surface area contributed by atoms with Gasteiger partial charge in [0.2, 0.25) is 0 Å². The fourth-order valence-corrected chi connectivity index (χ4v) is 3.22. The third-order valence-electron chi connectivity index (χ3n) is 4.32. The van der Waals surface area contributed by atoms with Crippen molar-refractivity contribution in [2.24, 2.45) is 0 Å². The zero-order valence-corrected chi connectivity index (χ0v) is 13.0. The fraction of sp³-hybridized carbons (Fsp3) is 0.529. The van der Waals surface area contributed by atoms with E-state index in [2.05, 4.69) is 46.5 Å². The fourth-order valence-electron chi connectivity index (χ4n) is 3.22. The predicted octanol–water partition coefficient (Wildman–Crippen LogP) is 2.15. The number of morpholine rings is 1. The molecule has 1 aromatic heterocycles. The van der Waals surface area contributed by atoms with Crippen LogP contribution in [0.1, 0.15) is 18.1 Å². The number of H-pyrrole nitrogens is 1. The first-order valence-corrected chi connectivity index (χ1v) is 7.88. The van der Waals surface area contributed by atoms with Gasteiger partial charge in [0.15, 0.2) is 0 Å². The summed E-state index contributed by atoms with van der Waals surface area (Å²) >= 11 is 0. The van der Waals surface area contributed by atoms with Crippen LogP contribution in [0.3, 0.4) is 0 Å². The van der Waals surface area contributed by atoms with Crippen LogP contribution in [0.15, 0.2) is 24.4 Å². The maximum Gasteiger partial charge on any atom is 0.0826 e. The lowest BCUT2D eigenvalue weighted by molar-refractivity contribution is -0.0290. The Morgan fingerprint density at radius 1 is 1.38 bits per heavy atom. The number of aromatic amines is 1. The van der Waals surface area contributed by atoms with Crippen molar-refractivity contribution in [1.82, 2.24) is 15.2 Å². The van der Waals surface area contributed by atoms with E-state index in [1.807, 2.05) is 7.05 Å². The highest BCUT2D eigenvalue weighted by atomic mass is 16.5. The molecule has 1 saturated heterocycles. The van der Waals surface area contributed by atoms with Gasteiger partial charge in [0.05, 0.1) is 12.7 Å². The van der Waals surface area contributed by atoms with Crippen molar-refractivity contribution in [3.8, 4) is 0 Å². The Bertz CT molecular complexity index is 591. The van der Waals surface area contributed by atoms with E-state index in [1.54, 1.807) is 0 Å². The number of para-hydroxylation sites is 1. The number of hydrogen-bond acceptors (Lipinski definition) is 3. The monoisotopic (exact) mass is 287 g/mol. The van der Waals surface area contributed by atoms with Crippen molar-refractivity contribution < 1.29 is 4.74 Å². The van der Waals surface area contributed by atoms with Gasteiger partial charge < -0.3 is 15.0 Å². The van der Waals surface area contributed by atoms with Crippen molar-refractivity contribution in [3.63, 3.8) is 0 Å². The molecule has 4 nitrogen and oxygen atoms in total. The zero-order chi connectivity index (χ0) is 14.7. The average Bonchev–Trinajstić information content (AvgIpc) is 2.91. The first kappa shape index (κ1) is 14.6. The molecule has 1 atom stereocenters. The van der Waals surface area contributed by atoms with Crippen molar-refractivity contribution in [2.45, 2.75) is 26.0 Å². The number of ether oxygens (including phenoxy) is 1. The molecule has 21 heavy (non-hydrogen) atoms. The summed E-state index contributed by atoms with van der Waals surface area (Å²) in [6.07, 6.45) is 3.55. The Kier molecular flexibility index (Phi) is 4.58. The molecule has 0 bridgehead atoms. The molecule has 1 aliphatic heterocycles. The number of nitrogens with one attached hydrogen (secondary N) is 2. The summed E-state index contributed by atoms with van der Waals surface area (Å²) < 4.78 is 5.78. The number of likely N-dealkylation sites (N-methyl/N-ethyl adjacent to an activating group) is 1. The Hall–Kier alpha value is -1.36. The summed E-state index contributed by atoms with van der Waals surface area (Å²) in [5.41, 5.74) is 4.09. The Morgan fingerprint density at radius 3 is 3.10 bits per heavy atom. The van der Waals surface area contributed by atoms with Crippen LogP contribution in [0.2, 0.25) is 0 Å². The summed E-state index contributed by atoms with van der Waals surface area (Å²) in [6.45, 7) is 6.97. The highest BCUT2D eigenvalue weighted by Gasteiger charge is 2.20. The molecular weight excluding hydrogens is 262 g/mol. The zero-order valence-electron chi connectivity index (χ0n) is 13.0. The second-order valence-corrected chi connectivity index (χ2v) is 5.79. The molecule has 1 aromatic carbocycles. The largest absolute Gasteiger partial charge is 0.374 e. The summed E-state index contributed by atoms with van der Waals surface area (Å²) in [7, 11) is 1.98. The highest BCUT2D eigenvalue weighted by Crippen LogP contribution is 2.23. The van der Waals surface area contributed by atoms with Crippen LogP contribution in [-0.2, 0) is 17.7 Å². The second-order valence-electron chi connectivity index (χ2n) is 5.79. The molecule has 2 heterocycles. The van der Waals surface area contributed by atoms with Crippen LogP contribution in [0.5, 0.6) is 0 Å². The van der Waals surface area contributed by atoms with E-state index in [0.717, 1.165) is 39.2 Å². The SMILES string of the molecule is CCc1cccc2c(CN3CCOC(CNC)C3)c[nH]c12. The molecule has 3 rings (SSSR count).